The molecule has 1 aliphatic rings. The maximum atomic E-state index is 11.8. The number of hydrogen-bond donors (Lipinski definition) is 1. The fourth-order valence-corrected chi connectivity index (χ4v) is 2.85. The van der Waals surface area contributed by atoms with Crippen molar-refractivity contribution in [2.45, 2.75) is 6.54 Å². The number of amides is 1. The van der Waals surface area contributed by atoms with Gasteiger partial charge in [0.15, 0.2) is 0 Å². The summed E-state index contributed by atoms with van der Waals surface area (Å²) in [5, 5.41) is 2.88. The molecule has 0 radical (unpaired) electrons. The maximum Gasteiger partial charge on any atom is 0.251 e. The molecule has 3 aromatic carbocycles. The molecule has 112 valence electrons. The molecule has 3 heteroatoms. The summed E-state index contributed by atoms with van der Waals surface area (Å²) >= 11 is 0. The smallest absolute Gasteiger partial charge is 0.251 e. The Morgan fingerprint density at radius 1 is 0.739 bits per heavy atom. The highest BCUT2D eigenvalue weighted by Gasteiger charge is 2.21. The van der Waals surface area contributed by atoms with Gasteiger partial charge in [0, 0.05) is 12.1 Å². The number of nitrogens with one attached hydrogen (secondary N) is 1. The molecule has 23 heavy (non-hydrogen) atoms. The van der Waals surface area contributed by atoms with Crippen LogP contribution in [-0.2, 0) is 6.54 Å². The minimum Gasteiger partial charge on any atom is -0.457 e. The zero-order valence-electron chi connectivity index (χ0n) is 12.5. The Balaban J connectivity index is 1.63. The lowest BCUT2D eigenvalue weighted by molar-refractivity contribution is 0.0966. The fourth-order valence-electron chi connectivity index (χ4n) is 2.85. The third-order valence-corrected chi connectivity index (χ3v) is 3.99. The molecule has 0 atom stereocenters. The standard InChI is InChI=1S/C20H15NO2/c22-20-18-8-4-7-17(19(18)13-21-20)14-9-11-16(12-10-14)23-15-5-2-1-3-6-15/h1-12H,13H2,(H,21,22). The van der Waals surface area contributed by atoms with Crippen molar-refractivity contribution in [3.05, 3.63) is 83.9 Å². The normalized spacial score (nSPS) is 12.6. The van der Waals surface area contributed by atoms with Gasteiger partial charge in [-0.1, -0.05) is 42.5 Å². The van der Waals surface area contributed by atoms with Crippen molar-refractivity contribution in [1.82, 2.24) is 5.32 Å². The van der Waals surface area contributed by atoms with Crippen molar-refractivity contribution < 1.29 is 9.53 Å². The van der Waals surface area contributed by atoms with Crippen LogP contribution in [0.4, 0.5) is 0 Å². The third-order valence-electron chi connectivity index (χ3n) is 3.99. The number of carbonyl (C=O) groups excluding carboxylic acids is 1. The van der Waals surface area contributed by atoms with E-state index in [0.29, 0.717) is 6.54 Å². The molecule has 0 bridgehead atoms. The molecule has 4 rings (SSSR count). The van der Waals surface area contributed by atoms with Crippen LogP contribution in [0.15, 0.2) is 72.8 Å². The van der Waals surface area contributed by atoms with Crippen LogP contribution in [0, 0.1) is 0 Å². The first-order valence-electron chi connectivity index (χ1n) is 7.55. The molecular weight excluding hydrogens is 286 g/mol. The van der Waals surface area contributed by atoms with Gasteiger partial charge in [-0.3, -0.25) is 4.79 Å². The first-order chi connectivity index (χ1) is 11.3. The number of rotatable bonds is 3. The summed E-state index contributed by atoms with van der Waals surface area (Å²) < 4.78 is 5.81. The highest BCUT2D eigenvalue weighted by atomic mass is 16.5. The van der Waals surface area contributed by atoms with Gasteiger partial charge in [-0.2, -0.15) is 0 Å². The van der Waals surface area contributed by atoms with E-state index in [4.69, 9.17) is 4.74 Å². The number of ether oxygens (including phenoxy) is 1. The van der Waals surface area contributed by atoms with Crippen LogP contribution in [0.2, 0.25) is 0 Å². The zero-order valence-corrected chi connectivity index (χ0v) is 12.5. The molecular formula is C20H15NO2. The SMILES string of the molecule is O=C1NCc2c1cccc2-c1ccc(Oc2ccccc2)cc1. The molecule has 1 N–H and O–H groups in total. The van der Waals surface area contributed by atoms with Crippen LogP contribution in [-0.4, -0.2) is 5.91 Å². The van der Waals surface area contributed by atoms with Gasteiger partial charge in [0.05, 0.1) is 0 Å². The lowest BCUT2D eigenvalue weighted by Gasteiger charge is -2.09. The van der Waals surface area contributed by atoms with Gasteiger partial charge in [-0.05, 0) is 47.0 Å². The minimum absolute atomic E-state index is 0.00545. The molecule has 1 heterocycles. The van der Waals surface area contributed by atoms with Gasteiger partial charge in [-0.15, -0.1) is 0 Å². The number of hydrogen-bond acceptors (Lipinski definition) is 2. The monoisotopic (exact) mass is 301 g/mol. The van der Waals surface area contributed by atoms with Crippen LogP contribution in [0.1, 0.15) is 15.9 Å². The van der Waals surface area contributed by atoms with E-state index in [2.05, 4.69) is 5.32 Å². The van der Waals surface area contributed by atoms with Crippen LogP contribution >= 0.6 is 0 Å². The molecule has 0 saturated heterocycles. The second-order valence-electron chi connectivity index (χ2n) is 5.45. The Bertz CT molecular complexity index is 855. The van der Waals surface area contributed by atoms with Crippen molar-refractivity contribution in [3.8, 4) is 22.6 Å². The van der Waals surface area contributed by atoms with Crippen LogP contribution < -0.4 is 10.1 Å². The Labute approximate surface area is 134 Å². The highest BCUT2D eigenvalue weighted by molar-refractivity contribution is 6.00. The van der Waals surface area contributed by atoms with Gasteiger partial charge >= 0.3 is 0 Å². The number of benzene rings is 3. The number of carbonyl (C=O) groups is 1. The molecule has 0 spiro atoms. The molecule has 0 fully saturated rings. The van der Waals surface area contributed by atoms with E-state index in [0.717, 1.165) is 33.8 Å². The summed E-state index contributed by atoms with van der Waals surface area (Å²) in [7, 11) is 0. The Morgan fingerprint density at radius 3 is 2.22 bits per heavy atom. The highest BCUT2D eigenvalue weighted by Crippen LogP contribution is 2.31. The van der Waals surface area contributed by atoms with Crippen molar-refractivity contribution in [2.75, 3.05) is 0 Å². The lowest BCUT2D eigenvalue weighted by Crippen LogP contribution is -2.12. The van der Waals surface area contributed by atoms with E-state index < -0.39 is 0 Å². The van der Waals surface area contributed by atoms with Gasteiger partial charge < -0.3 is 10.1 Å². The average Bonchev–Trinajstić information content (AvgIpc) is 2.98. The van der Waals surface area contributed by atoms with Crippen LogP contribution in [0.5, 0.6) is 11.5 Å². The molecule has 1 amide bonds. The van der Waals surface area contributed by atoms with E-state index in [1.807, 2.05) is 72.8 Å². The predicted octanol–water partition coefficient (Wildman–Crippen LogP) is 4.39. The van der Waals surface area contributed by atoms with Crippen molar-refractivity contribution in [3.63, 3.8) is 0 Å². The van der Waals surface area contributed by atoms with Gasteiger partial charge in [0.2, 0.25) is 0 Å². The summed E-state index contributed by atoms with van der Waals surface area (Å²) in [6.45, 7) is 0.590. The van der Waals surface area contributed by atoms with Crippen LogP contribution in [0.25, 0.3) is 11.1 Å². The largest absolute Gasteiger partial charge is 0.457 e. The maximum absolute atomic E-state index is 11.8. The van der Waals surface area contributed by atoms with Crippen LogP contribution in [0.3, 0.4) is 0 Å². The Kier molecular flexibility index (Phi) is 3.31. The summed E-state index contributed by atoms with van der Waals surface area (Å²) in [6, 6.07) is 23.5. The molecule has 3 aromatic rings. The first-order valence-corrected chi connectivity index (χ1v) is 7.55. The second-order valence-corrected chi connectivity index (χ2v) is 5.45. The topological polar surface area (TPSA) is 38.3 Å². The number of fused-ring (bicyclic) bond motifs is 1. The van der Waals surface area contributed by atoms with Gasteiger partial charge in [-0.25, -0.2) is 0 Å². The first kappa shape index (κ1) is 13.6. The zero-order chi connectivity index (χ0) is 15.6. The molecule has 0 aromatic heterocycles. The minimum atomic E-state index is 0.00545. The van der Waals surface area contributed by atoms with Crippen molar-refractivity contribution in [2.24, 2.45) is 0 Å². The summed E-state index contributed by atoms with van der Waals surface area (Å²) in [6.07, 6.45) is 0. The van der Waals surface area contributed by atoms with E-state index in [-0.39, 0.29) is 5.91 Å². The summed E-state index contributed by atoms with van der Waals surface area (Å²) in [5.74, 6) is 1.61. The van der Waals surface area contributed by atoms with E-state index in [1.165, 1.54) is 0 Å². The second kappa shape index (κ2) is 5.61. The Hall–Kier alpha value is -3.07. The van der Waals surface area contributed by atoms with Gasteiger partial charge in [0.1, 0.15) is 11.5 Å². The molecule has 0 unspecified atom stereocenters. The fraction of sp³-hybridized carbons (Fsp3) is 0.0500. The lowest BCUT2D eigenvalue weighted by atomic mass is 9.97. The Morgan fingerprint density at radius 2 is 1.43 bits per heavy atom. The molecule has 3 nitrogen and oxygen atoms in total. The summed E-state index contributed by atoms with van der Waals surface area (Å²) in [5.41, 5.74) is 4.01. The van der Waals surface area contributed by atoms with Crippen molar-refractivity contribution >= 4 is 5.91 Å². The quantitative estimate of drug-likeness (QED) is 0.779. The predicted molar refractivity (Wildman–Crippen MR) is 89.6 cm³/mol. The summed E-state index contributed by atoms with van der Waals surface area (Å²) in [4.78, 5) is 11.8. The van der Waals surface area contributed by atoms with Crippen molar-refractivity contribution in [1.29, 1.82) is 0 Å². The van der Waals surface area contributed by atoms with E-state index in [1.54, 1.807) is 0 Å². The average molecular weight is 301 g/mol. The third kappa shape index (κ3) is 2.57. The van der Waals surface area contributed by atoms with E-state index >= 15 is 0 Å². The van der Waals surface area contributed by atoms with E-state index in [9.17, 15) is 4.79 Å². The molecule has 0 aliphatic carbocycles. The number of para-hydroxylation sites is 1. The molecule has 1 aliphatic heterocycles. The van der Waals surface area contributed by atoms with Gasteiger partial charge in [0.25, 0.3) is 5.91 Å². The molecule has 0 saturated carbocycles.